The van der Waals surface area contributed by atoms with Gasteiger partial charge in [0.25, 0.3) is 0 Å². The first kappa shape index (κ1) is 17.4. The van der Waals surface area contributed by atoms with Gasteiger partial charge in [-0.05, 0) is 32.2 Å². The van der Waals surface area contributed by atoms with E-state index in [1.807, 2.05) is 4.90 Å². The van der Waals surface area contributed by atoms with Crippen LogP contribution in [0, 0.1) is 0 Å². The topological polar surface area (TPSA) is 92.5 Å². The highest BCUT2D eigenvalue weighted by Crippen LogP contribution is 2.13. The maximum Gasteiger partial charge on any atom is 0.222 e. The van der Waals surface area contributed by atoms with E-state index in [0.717, 1.165) is 32.2 Å². The smallest absolute Gasteiger partial charge is 0.222 e. The van der Waals surface area contributed by atoms with Crippen LogP contribution in [-0.2, 0) is 14.8 Å². The Hall–Kier alpha value is -0.660. The Bertz CT molecular complexity index is 390. The molecule has 118 valence electrons. The van der Waals surface area contributed by atoms with Gasteiger partial charge >= 0.3 is 0 Å². The van der Waals surface area contributed by atoms with Gasteiger partial charge in [-0.2, -0.15) is 0 Å². The van der Waals surface area contributed by atoms with Crippen LogP contribution in [0.5, 0.6) is 0 Å². The maximum absolute atomic E-state index is 12.0. The van der Waals surface area contributed by atoms with Gasteiger partial charge in [0.2, 0.25) is 15.9 Å². The Balaban J connectivity index is 2.19. The average Bonchev–Trinajstić information content (AvgIpc) is 2.37. The number of nitrogens with two attached hydrogens (primary N) is 1. The van der Waals surface area contributed by atoms with Crippen LogP contribution in [0.1, 0.15) is 44.9 Å². The molecular formula is C13H27N3O3S. The van der Waals surface area contributed by atoms with Crippen molar-refractivity contribution in [3.8, 4) is 0 Å². The molecule has 0 spiro atoms. The van der Waals surface area contributed by atoms with Gasteiger partial charge in [-0.3, -0.25) is 4.79 Å². The van der Waals surface area contributed by atoms with Crippen molar-refractivity contribution in [2.75, 3.05) is 25.9 Å². The molecule has 1 heterocycles. The van der Waals surface area contributed by atoms with Crippen LogP contribution < -0.4 is 10.5 Å². The van der Waals surface area contributed by atoms with Crippen molar-refractivity contribution < 1.29 is 13.2 Å². The van der Waals surface area contributed by atoms with E-state index in [0.29, 0.717) is 32.4 Å². The van der Waals surface area contributed by atoms with Gasteiger partial charge < -0.3 is 10.6 Å². The summed E-state index contributed by atoms with van der Waals surface area (Å²) in [5, 5.41) is 0. The lowest BCUT2D eigenvalue weighted by molar-refractivity contribution is -0.132. The Morgan fingerprint density at radius 2 is 1.80 bits per heavy atom. The maximum atomic E-state index is 12.0. The van der Waals surface area contributed by atoms with Crippen LogP contribution in [0.25, 0.3) is 0 Å². The third kappa shape index (κ3) is 7.21. The molecule has 1 aliphatic rings. The quantitative estimate of drug-likeness (QED) is 0.636. The normalized spacial score (nSPS) is 17.4. The van der Waals surface area contributed by atoms with E-state index in [1.165, 1.54) is 6.26 Å². The van der Waals surface area contributed by atoms with E-state index >= 15 is 0 Å². The molecule has 1 amide bonds. The molecule has 1 saturated heterocycles. The summed E-state index contributed by atoms with van der Waals surface area (Å²) in [5.74, 6) is 0.190. The molecule has 0 aromatic heterocycles. The number of hydrogen-bond donors (Lipinski definition) is 2. The number of hydrogen-bond acceptors (Lipinski definition) is 4. The molecule has 1 rings (SSSR count). The summed E-state index contributed by atoms with van der Waals surface area (Å²) in [5.41, 5.74) is 5.42. The van der Waals surface area contributed by atoms with E-state index < -0.39 is 10.0 Å². The summed E-state index contributed by atoms with van der Waals surface area (Å²) < 4.78 is 24.9. The molecule has 0 aromatic rings. The number of nitrogens with one attached hydrogen (secondary N) is 1. The predicted octanol–water partition coefficient (Wildman–Crippen LogP) is 0.436. The van der Waals surface area contributed by atoms with Crippen molar-refractivity contribution in [3.63, 3.8) is 0 Å². The lowest BCUT2D eigenvalue weighted by atomic mass is 10.1. The fraction of sp³-hybridized carbons (Fsp3) is 0.923. The van der Waals surface area contributed by atoms with Gasteiger partial charge in [-0.1, -0.05) is 12.8 Å². The second-order valence-electron chi connectivity index (χ2n) is 5.50. The fourth-order valence-electron chi connectivity index (χ4n) is 2.48. The minimum Gasteiger partial charge on any atom is -0.343 e. The van der Waals surface area contributed by atoms with Crippen LogP contribution in [0.2, 0.25) is 0 Å². The first-order valence-corrected chi connectivity index (χ1v) is 9.26. The molecule has 20 heavy (non-hydrogen) atoms. The lowest BCUT2D eigenvalue weighted by Crippen LogP contribution is -2.46. The molecule has 0 unspecified atom stereocenters. The Kier molecular flexibility index (Phi) is 7.47. The van der Waals surface area contributed by atoms with E-state index in [1.54, 1.807) is 0 Å². The van der Waals surface area contributed by atoms with Crippen molar-refractivity contribution in [1.82, 2.24) is 9.62 Å². The van der Waals surface area contributed by atoms with Gasteiger partial charge in [-0.25, -0.2) is 13.1 Å². The third-order valence-corrected chi connectivity index (χ3v) is 4.33. The molecule has 0 saturated carbocycles. The van der Waals surface area contributed by atoms with Crippen molar-refractivity contribution in [2.45, 2.75) is 51.0 Å². The van der Waals surface area contributed by atoms with Crippen LogP contribution in [-0.4, -0.2) is 51.2 Å². The Morgan fingerprint density at radius 1 is 1.20 bits per heavy atom. The largest absolute Gasteiger partial charge is 0.343 e. The molecule has 3 N–H and O–H groups in total. The average molecular weight is 305 g/mol. The zero-order valence-electron chi connectivity index (χ0n) is 12.3. The number of piperidine rings is 1. The van der Waals surface area contributed by atoms with E-state index in [2.05, 4.69) is 4.72 Å². The molecule has 1 fully saturated rings. The molecule has 1 aliphatic heterocycles. The van der Waals surface area contributed by atoms with Crippen LogP contribution in [0.4, 0.5) is 0 Å². The zero-order chi connectivity index (χ0) is 15.0. The third-order valence-electron chi connectivity index (χ3n) is 3.57. The Labute approximate surface area is 122 Å². The molecule has 7 heteroatoms. The molecule has 0 aliphatic carbocycles. The number of carbonyl (C=O) groups is 1. The first-order valence-electron chi connectivity index (χ1n) is 7.37. The van der Waals surface area contributed by atoms with E-state index in [9.17, 15) is 13.2 Å². The Morgan fingerprint density at radius 3 is 2.35 bits per heavy atom. The fourth-order valence-corrected chi connectivity index (χ4v) is 3.32. The van der Waals surface area contributed by atoms with Gasteiger partial charge in [0, 0.05) is 25.6 Å². The molecular weight excluding hydrogens is 278 g/mol. The first-order chi connectivity index (χ1) is 9.42. The predicted molar refractivity (Wildman–Crippen MR) is 79.7 cm³/mol. The molecule has 6 nitrogen and oxygen atoms in total. The van der Waals surface area contributed by atoms with Crippen LogP contribution >= 0.6 is 0 Å². The van der Waals surface area contributed by atoms with Crippen LogP contribution in [0.15, 0.2) is 0 Å². The summed E-state index contributed by atoms with van der Waals surface area (Å²) in [7, 11) is -3.15. The summed E-state index contributed by atoms with van der Waals surface area (Å²) >= 11 is 0. The van der Waals surface area contributed by atoms with E-state index in [4.69, 9.17) is 5.73 Å². The van der Waals surface area contributed by atoms with Crippen LogP contribution in [0.3, 0.4) is 0 Å². The summed E-state index contributed by atoms with van der Waals surface area (Å²) in [6.45, 7) is 2.01. The standard InChI is InChI=1S/C13H27N3O3S/c1-20(18,19)15-12-7-10-16(11-8-12)13(17)6-4-2-3-5-9-14/h12,15H,2-11,14H2,1H3. The second-order valence-corrected chi connectivity index (χ2v) is 7.28. The lowest BCUT2D eigenvalue weighted by Gasteiger charge is -2.32. The van der Waals surface area contributed by atoms with Gasteiger partial charge in [-0.15, -0.1) is 0 Å². The number of nitrogens with zero attached hydrogens (tertiary/aromatic N) is 1. The van der Waals surface area contributed by atoms with Crippen molar-refractivity contribution in [2.24, 2.45) is 5.73 Å². The molecule has 0 bridgehead atoms. The minimum absolute atomic E-state index is 0.0291. The number of amides is 1. The minimum atomic E-state index is -3.15. The number of unbranched alkanes of at least 4 members (excludes halogenated alkanes) is 3. The highest BCUT2D eigenvalue weighted by atomic mass is 32.2. The zero-order valence-corrected chi connectivity index (χ0v) is 13.1. The number of likely N-dealkylation sites (tertiary alicyclic amines) is 1. The second kappa shape index (κ2) is 8.59. The van der Waals surface area contributed by atoms with Gasteiger partial charge in [0.05, 0.1) is 6.26 Å². The van der Waals surface area contributed by atoms with Crippen molar-refractivity contribution in [1.29, 1.82) is 0 Å². The summed E-state index contributed by atoms with van der Waals surface area (Å²) in [4.78, 5) is 13.8. The van der Waals surface area contributed by atoms with Crippen molar-refractivity contribution >= 4 is 15.9 Å². The summed E-state index contributed by atoms with van der Waals surface area (Å²) in [6, 6.07) is -0.0291. The van der Waals surface area contributed by atoms with Crippen molar-refractivity contribution in [3.05, 3.63) is 0 Å². The number of rotatable bonds is 8. The number of carbonyl (C=O) groups excluding carboxylic acids is 1. The monoisotopic (exact) mass is 305 g/mol. The molecule has 0 atom stereocenters. The van der Waals surface area contributed by atoms with Gasteiger partial charge in [0.15, 0.2) is 0 Å². The number of sulfonamides is 1. The highest BCUT2D eigenvalue weighted by molar-refractivity contribution is 7.88. The highest BCUT2D eigenvalue weighted by Gasteiger charge is 2.23. The summed E-state index contributed by atoms with van der Waals surface area (Å²) in [6.07, 6.45) is 7.24. The SMILES string of the molecule is CS(=O)(=O)NC1CCN(C(=O)CCCCCCN)CC1. The molecule has 0 radical (unpaired) electrons. The molecule has 0 aromatic carbocycles. The van der Waals surface area contributed by atoms with Gasteiger partial charge in [0.1, 0.15) is 0 Å². The van der Waals surface area contributed by atoms with E-state index in [-0.39, 0.29) is 11.9 Å².